The molecule has 1 rings (SSSR count). The Labute approximate surface area is 105 Å². The average Bonchev–Trinajstić information content (AvgIpc) is 2.31. The Morgan fingerprint density at radius 2 is 1.88 bits per heavy atom. The van der Waals surface area contributed by atoms with Crippen molar-refractivity contribution in [2.24, 2.45) is 11.8 Å². The van der Waals surface area contributed by atoms with Gasteiger partial charge < -0.3 is 5.11 Å². The first kappa shape index (κ1) is 14.5. The molecule has 1 fully saturated rings. The first-order chi connectivity index (χ1) is 7.96. The summed E-state index contributed by atoms with van der Waals surface area (Å²) in [7, 11) is 0. The van der Waals surface area contributed by atoms with E-state index in [1.807, 2.05) is 13.8 Å². The Morgan fingerprint density at radius 3 is 2.35 bits per heavy atom. The lowest BCUT2D eigenvalue weighted by Crippen LogP contribution is -2.58. The van der Waals surface area contributed by atoms with Crippen LogP contribution in [0.4, 0.5) is 0 Å². The number of nitrogens with one attached hydrogen (secondary N) is 1. The zero-order chi connectivity index (χ0) is 13.1. The van der Waals surface area contributed by atoms with Gasteiger partial charge in [-0.05, 0) is 31.1 Å². The number of rotatable bonds is 5. The van der Waals surface area contributed by atoms with Gasteiger partial charge in [-0.15, -0.1) is 0 Å². The Hall–Kier alpha value is -0.570. The van der Waals surface area contributed by atoms with Gasteiger partial charge in [0.1, 0.15) is 5.54 Å². The number of hydrogen-bond donors (Lipinski definition) is 2. The van der Waals surface area contributed by atoms with Crippen LogP contribution in [0, 0.1) is 11.8 Å². The summed E-state index contributed by atoms with van der Waals surface area (Å²) < 4.78 is 0. The van der Waals surface area contributed by atoms with Gasteiger partial charge in [-0.1, -0.05) is 40.5 Å². The zero-order valence-corrected chi connectivity index (χ0v) is 11.6. The normalized spacial score (nSPS) is 30.2. The maximum absolute atomic E-state index is 11.5. The van der Waals surface area contributed by atoms with Crippen molar-refractivity contribution in [2.75, 3.05) is 0 Å². The molecular weight excluding hydrogens is 214 g/mol. The van der Waals surface area contributed by atoms with Crippen molar-refractivity contribution in [3.8, 4) is 0 Å². The van der Waals surface area contributed by atoms with Crippen molar-refractivity contribution in [3.63, 3.8) is 0 Å². The second-order valence-corrected chi connectivity index (χ2v) is 5.61. The lowest BCUT2D eigenvalue weighted by atomic mass is 9.76. The Bertz CT molecular complexity index is 261. The second kappa shape index (κ2) is 5.85. The topological polar surface area (TPSA) is 49.3 Å². The third kappa shape index (κ3) is 3.01. The summed E-state index contributed by atoms with van der Waals surface area (Å²) in [6, 6.07) is 0.356. The molecule has 0 heterocycles. The van der Waals surface area contributed by atoms with E-state index >= 15 is 0 Å². The highest BCUT2D eigenvalue weighted by molar-refractivity contribution is 5.78. The third-order valence-corrected chi connectivity index (χ3v) is 4.79. The van der Waals surface area contributed by atoms with Crippen molar-refractivity contribution in [1.82, 2.24) is 5.32 Å². The fraction of sp³-hybridized carbons (Fsp3) is 0.929. The van der Waals surface area contributed by atoms with E-state index in [2.05, 4.69) is 19.2 Å². The highest BCUT2D eigenvalue weighted by Gasteiger charge is 2.39. The molecule has 0 aliphatic heterocycles. The summed E-state index contributed by atoms with van der Waals surface area (Å²) >= 11 is 0. The molecule has 0 bridgehead atoms. The van der Waals surface area contributed by atoms with Gasteiger partial charge in [-0.3, -0.25) is 10.1 Å². The van der Waals surface area contributed by atoms with Crippen LogP contribution in [-0.2, 0) is 4.79 Å². The smallest absolute Gasteiger partial charge is 0.323 e. The first-order valence-corrected chi connectivity index (χ1v) is 6.98. The summed E-state index contributed by atoms with van der Waals surface area (Å²) in [5.41, 5.74) is -0.726. The number of carboxylic acid groups (broad SMARTS) is 1. The van der Waals surface area contributed by atoms with Crippen LogP contribution in [0.1, 0.15) is 59.8 Å². The van der Waals surface area contributed by atoms with Gasteiger partial charge >= 0.3 is 5.97 Å². The van der Waals surface area contributed by atoms with Crippen molar-refractivity contribution in [2.45, 2.75) is 71.4 Å². The molecule has 1 aliphatic carbocycles. The first-order valence-electron chi connectivity index (χ1n) is 6.98. The SMILES string of the molecule is CCC(CC)(NC1CCCC(C)C1C)C(=O)O. The molecule has 1 aliphatic rings. The summed E-state index contributed by atoms with van der Waals surface area (Å²) in [6.07, 6.45) is 4.90. The molecule has 2 N–H and O–H groups in total. The van der Waals surface area contributed by atoms with Gasteiger partial charge in [0.05, 0.1) is 0 Å². The highest BCUT2D eigenvalue weighted by atomic mass is 16.4. The van der Waals surface area contributed by atoms with Gasteiger partial charge in [-0.2, -0.15) is 0 Å². The minimum Gasteiger partial charge on any atom is -0.480 e. The molecule has 0 saturated heterocycles. The van der Waals surface area contributed by atoms with Gasteiger partial charge in [0.15, 0.2) is 0 Å². The fourth-order valence-corrected chi connectivity index (χ4v) is 2.96. The number of carboxylic acids is 1. The molecule has 3 nitrogen and oxygen atoms in total. The summed E-state index contributed by atoms with van der Waals surface area (Å²) in [4.78, 5) is 11.5. The van der Waals surface area contributed by atoms with E-state index in [0.717, 1.165) is 6.42 Å². The predicted octanol–water partition coefficient (Wildman–Crippen LogP) is 3.04. The van der Waals surface area contributed by atoms with Gasteiger partial charge in [0.2, 0.25) is 0 Å². The van der Waals surface area contributed by atoms with Gasteiger partial charge in [0, 0.05) is 6.04 Å². The van der Waals surface area contributed by atoms with Gasteiger partial charge in [0.25, 0.3) is 0 Å². The molecule has 3 unspecified atom stereocenters. The minimum absolute atomic E-state index is 0.356. The number of carbonyl (C=O) groups is 1. The third-order valence-electron chi connectivity index (χ3n) is 4.79. The molecule has 3 atom stereocenters. The van der Waals surface area contributed by atoms with E-state index in [9.17, 15) is 9.90 Å². The van der Waals surface area contributed by atoms with Crippen LogP contribution in [0.3, 0.4) is 0 Å². The maximum atomic E-state index is 11.5. The van der Waals surface area contributed by atoms with Crippen LogP contribution in [0.2, 0.25) is 0 Å². The van der Waals surface area contributed by atoms with Crippen LogP contribution < -0.4 is 5.32 Å². The quantitative estimate of drug-likeness (QED) is 0.778. The Kier molecular flexibility index (Phi) is 4.99. The van der Waals surface area contributed by atoms with Crippen LogP contribution in [0.15, 0.2) is 0 Å². The molecule has 0 aromatic rings. The molecule has 0 spiro atoms. The minimum atomic E-state index is -0.726. The predicted molar refractivity (Wildman–Crippen MR) is 70.1 cm³/mol. The molecule has 0 aromatic heterocycles. The van der Waals surface area contributed by atoms with E-state index in [4.69, 9.17) is 0 Å². The Balaban J connectivity index is 2.76. The van der Waals surface area contributed by atoms with E-state index < -0.39 is 11.5 Å². The lowest BCUT2D eigenvalue weighted by molar-refractivity contribution is -0.146. The monoisotopic (exact) mass is 241 g/mol. The van der Waals surface area contributed by atoms with Crippen LogP contribution in [-0.4, -0.2) is 22.7 Å². The van der Waals surface area contributed by atoms with Gasteiger partial charge in [-0.25, -0.2) is 0 Å². The standard InChI is InChI=1S/C14H27NO2/c1-5-14(6-2,13(16)17)15-12-9-7-8-10(3)11(12)4/h10-12,15H,5-9H2,1-4H3,(H,16,17). The molecule has 0 aromatic carbocycles. The van der Waals surface area contributed by atoms with E-state index in [-0.39, 0.29) is 0 Å². The Morgan fingerprint density at radius 1 is 1.29 bits per heavy atom. The van der Waals surface area contributed by atoms with Crippen molar-refractivity contribution in [1.29, 1.82) is 0 Å². The summed E-state index contributed by atoms with van der Waals surface area (Å²) in [5.74, 6) is 0.565. The van der Waals surface area contributed by atoms with Crippen LogP contribution >= 0.6 is 0 Å². The van der Waals surface area contributed by atoms with E-state index in [1.165, 1.54) is 12.8 Å². The van der Waals surface area contributed by atoms with Crippen molar-refractivity contribution in [3.05, 3.63) is 0 Å². The number of hydrogen-bond acceptors (Lipinski definition) is 2. The van der Waals surface area contributed by atoms with Crippen LogP contribution in [0.25, 0.3) is 0 Å². The average molecular weight is 241 g/mol. The molecule has 0 amide bonds. The molecule has 1 saturated carbocycles. The van der Waals surface area contributed by atoms with E-state index in [0.29, 0.717) is 30.7 Å². The second-order valence-electron chi connectivity index (χ2n) is 5.61. The maximum Gasteiger partial charge on any atom is 0.323 e. The van der Waals surface area contributed by atoms with Crippen molar-refractivity contribution < 1.29 is 9.90 Å². The highest BCUT2D eigenvalue weighted by Crippen LogP contribution is 2.31. The molecule has 3 heteroatoms. The lowest BCUT2D eigenvalue weighted by Gasteiger charge is -2.40. The van der Waals surface area contributed by atoms with Crippen molar-refractivity contribution >= 4 is 5.97 Å². The van der Waals surface area contributed by atoms with Crippen LogP contribution in [0.5, 0.6) is 0 Å². The largest absolute Gasteiger partial charge is 0.480 e. The molecule has 17 heavy (non-hydrogen) atoms. The summed E-state index contributed by atoms with van der Waals surface area (Å²) in [5, 5.41) is 12.9. The molecule has 0 radical (unpaired) electrons. The fourth-order valence-electron chi connectivity index (χ4n) is 2.96. The zero-order valence-electron chi connectivity index (χ0n) is 11.6. The van der Waals surface area contributed by atoms with E-state index in [1.54, 1.807) is 0 Å². The number of aliphatic carboxylic acids is 1. The molecule has 100 valence electrons. The summed E-state index contributed by atoms with van der Waals surface area (Å²) in [6.45, 7) is 8.45. The molecular formula is C14H27NO2.